The molecule has 1 aliphatic rings. The first-order valence-corrected chi connectivity index (χ1v) is 3.34. The highest BCUT2D eigenvalue weighted by atomic mass is 15.1. The summed E-state index contributed by atoms with van der Waals surface area (Å²) in [6.07, 6.45) is 2.50. The van der Waals surface area contributed by atoms with E-state index in [1.807, 2.05) is 0 Å². The average molecular weight is 110 g/mol. The largest absolute Gasteiger partial charge is 0.315 e. The molecule has 1 saturated heterocycles. The molecule has 0 amide bonds. The smallest absolute Gasteiger partial charge is 0.134 e. The minimum atomic E-state index is 0.875. The Morgan fingerprint density at radius 3 is 2.75 bits per heavy atom. The van der Waals surface area contributed by atoms with Gasteiger partial charge < -0.3 is 4.90 Å². The van der Waals surface area contributed by atoms with Crippen molar-refractivity contribution in [2.75, 3.05) is 20.0 Å². The summed E-state index contributed by atoms with van der Waals surface area (Å²) in [5.41, 5.74) is 0. The third-order valence-electron chi connectivity index (χ3n) is 1.82. The highest BCUT2D eigenvalue weighted by Gasteiger charge is 2.17. The second kappa shape index (κ2) is 2.54. The molecule has 1 nitrogen and oxygen atoms in total. The lowest BCUT2D eigenvalue weighted by Crippen LogP contribution is -2.12. The Labute approximate surface area is 52.3 Å². The van der Waals surface area contributed by atoms with E-state index in [0.29, 0.717) is 0 Å². The summed E-state index contributed by atoms with van der Waals surface area (Å²) in [6, 6.07) is 0. The molecule has 1 aliphatic heterocycles. The Morgan fingerprint density at radius 2 is 2.50 bits per heavy atom. The van der Waals surface area contributed by atoms with E-state index in [1.165, 1.54) is 19.4 Å². The first-order valence-electron chi connectivity index (χ1n) is 3.34. The van der Waals surface area contributed by atoms with E-state index in [-0.39, 0.29) is 0 Å². The summed E-state index contributed by atoms with van der Waals surface area (Å²) >= 11 is 0. The highest BCUT2D eigenvalue weighted by Crippen LogP contribution is 2.15. The van der Waals surface area contributed by atoms with Gasteiger partial charge in [-0.2, -0.15) is 0 Å². The third kappa shape index (κ3) is 1.25. The van der Waals surface area contributed by atoms with Gasteiger partial charge in [0.25, 0.3) is 0 Å². The van der Waals surface area contributed by atoms with E-state index in [4.69, 9.17) is 0 Å². The van der Waals surface area contributed by atoms with Crippen molar-refractivity contribution >= 4 is 7.28 Å². The van der Waals surface area contributed by atoms with Gasteiger partial charge in [0.15, 0.2) is 0 Å². The van der Waals surface area contributed by atoms with E-state index in [1.54, 1.807) is 0 Å². The van der Waals surface area contributed by atoms with Crippen molar-refractivity contribution in [3.8, 4) is 0 Å². The molecule has 0 saturated carbocycles. The van der Waals surface area contributed by atoms with Gasteiger partial charge in [-0.25, -0.2) is 0 Å². The van der Waals surface area contributed by atoms with Crippen LogP contribution in [-0.4, -0.2) is 32.2 Å². The fraction of sp³-hybridized carbons (Fsp3) is 1.00. The standard InChI is InChI=1S/C6H13BN/c1-3-6-4-8(2)5-7-6/h6H,3-5H2,1-2H3. The van der Waals surface area contributed by atoms with Crippen LogP contribution in [-0.2, 0) is 0 Å². The fourth-order valence-electron chi connectivity index (χ4n) is 1.17. The predicted molar refractivity (Wildman–Crippen MR) is 37.3 cm³/mol. The van der Waals surface area contributed by atoms with Gasteiger partial charge in [0.2, 0.25) is 0 Å². The third-order valence-corrected chi connectivity index (χ3v) is 1.82. The van der Waals surface area contributed by atoms with E-state index in [9.17, 15) is 0 Å². The van der Waals surface area contributed by atoms with Gasteiger partial charge in [-0.3, -0.25) is 0 Å². The summed E-state index contributed by atoms with van der Waals surface area (Å²) in [5, 5.41) is 0. The molecule has 2 heteroatoms. The normalized spacial score (nSPS) is 30.5. The molecule has 0 bridgehead atoms. The lowest BCUT2D eigenvalue weighted by Gasteiger charge is -2.06. The van der Waals surface area contributed by atoms with Crippen molar-refractivity contribution in [1.82, 2.24) is 4.90 Å². The first kappa shape index (κ1) is 6.15. The summed E-state index contributed by atoms with van der Waals surface area (Å²) < 4.78 is 0. The topological polar surface area (TPSA) is 3.24 Å². The van der Waals surface area contributed by atoms with E-state index < -0.39 is 0 Å². The second-order valence-electron chi connectivity index (χ2n) is 2.63. The molecule has 0 aromatic heterocycles. The maximum atomic E-state index is 2.40. The Morgan fingerprint density at radius 1 is 1.75 bits per heavy atom. The molecule has 8 heavy (non-hydrogen) atoms. The number of hydrogen-bond donors (Lipinski definition) is 0. The van der Waals surface area contributed by atoms with E-state index in [2.05, 4.69) is 26.2 Å². The summed E-state index contributed by atoms with van der Waals surface area (Å²) in [7, 11) is 4.58. The zero-order valence-corrected chi connectivity index (χ0v) is 5.72. The van der Waals surface area contributed by atoms with Crippen LogP contribution in [0.25, 0.3) is 0 Å². The fourth-order valence-corrected chi connectivity index (χ4v) is 1.17. The number of hydrogen-bond acceptors (Lipinski definition) is 1. The molecule has 0 aromatic carbocycles. The maximum absolute atomic E-state index is 2.40. The first-order chi connectivity index (χ1) is 3.83. The van der Waals surface area contributed by atoms with Gasteiger partial charge in [0.1, 0.15) is 7.28 Å². The van der Waals surface area contributed by atoms with Crippen molar-refractivity contribution in [2.24, 2.45) is 0 Å². The molecule has 0 N–H and O–H groups in total. The van der Waals surface area contributed by atoms with Crippen LogP contribution in [0, 0.1) is 0 Å². The number of nitrogens with zero attached hydrogens (tertiary/aromatic N) is 1. The lowest BCUT2D eigenvalue weighted by atomic mass is 9.67. The van der Waals surface area contributed by atoms with Crippen molar-refractivity contribution in [2.45, 2.75) is 19.2 Å². The van der Waals surface area contributed by atoms with Gasteiger partial charge in [0.05, 0.1) is 0 Å². The van der Waals surface area contributed by atoms with Crippen molar-refractivity contribution in [3.63, 3.8) is 0 Å². The zero-order valence-electron chi connectivity index (χ0n) is 5.72. The van der Waals surface area contributed by atoms with Crippen molar-refractivity contribution in [3.05, 3.63) is 0 Å². The summed E-state index contributed by atoms with van der Waals surface area (Å²) in [5.74, 6) is 0.875. The predicted octanol–water partition coefficient (Wildman–Crippen LogP) is 0.792. The van der Waals surface area contributed by atoms with E-state index in [0.717, 1.165) is 5.82 Å². The van der Waals surface area contributed by atoms with Crippen LogP contribution in [0.5, 0.6) is 0 Å². The van der Waals surface area contributed by atoms with Crippen LogP contribution < -0.4 is 0 Å². The molecule has 0 spiro atoms. The van der Waals surface area contributed by atoms with Gasteiger partial charge in [0, 0.05) is 0 Å². The Bertz CT molecular complexity index is 74.9. The van der Waals surface area contributed by atoms with Gasteiger partial charge in [-0.15, -0.1) is 0 Å². The minimum absolute atomic E-state index is 0.875. The quantitative estimate of drug-likeness (QED) is 0.451. The van der Waals surface area contributed by atoms with Crippen LogP contribution >= 0.6 is 0 Å². The average Bonchev–Trinajstić information content (AvgIpc) is 2.14. The van der Waals surface area contributed by atoms with Crippen LogP contribution in [0.4, 0.5) is 0 Å². The minimum Gasteiger partial charge on any atom is -0.315 e. The van der Waals surface area contributed by atoms with Crippen LogP contribution in [0.3, 0.4) is 0 Å². The molecule has 1 radical (unpaired) electrons. The molecular weight excluding hydrogens is 96.9 g/mol. The molecule has 0 aromatic rings. The molecular formula is C6H13BN. The van der Waals surface area contributed by atoms with Gasteiger partial charge in [-0.1, -0.05) is 19.2 Å². The Hall–Kier alpha value is 0.0249. The van der Waals surface area contributed by atoms with Gasteiger partial charge >= 0.3 is 0 Å². The van der Waals surface area contributed by atoms with Crippen molar-refractivity contribution < 1.29 is 0 Å². The van der Waals surface area contributed by atoms with Crippen molar-refractivity contribution in [1.29, 1.82) is 0 Å². The number of rotatable bonds is 1. The Kier molecular flexibility index (Phi) is 1.95. The molecule has 1 unspecified atom stereocenters. The molecule has 1 rings (SSSR count). The molecule has 1 heterocycles. The monoisotopic (exact) mass is 110 g/mol. The summed E-state index contributed by atoms with van der Waals surface area (Å²) in [4.78, 5) is 2.36. The Balaban J connectivity index is 2.22. The van der Waals surface area contributed by atoms with Crippen LogP contribution in [0.2, 0.25) is 5.82 Å². The summed E-state index contributed by atoms with van der Waals surface area (Å²) in [6.45, 7) is 3.52. The molecule has 0 aliphatic carbocycles. The zero-order chi connectivity index (χ0) is 5.98. The molecule has 1 fully saturated rings. The SMILES string of the molecule is CCC1[B]CN(C)C1. The lowest BCUT2D eigenvalue weighted by molar-refractivity contribution is 0.411. The van der Waals surface area contributed by atoms with Crippen LogP contribution in [0.1, 0.15) is 13.3 Å². The maximum Gasteiger partial charge on any atom is 0.134 e. The highest BCUT2D eigenvalue weighted by molar-refractivity contribution is 6.38. The molecule has 1 atom stereocenters. The van der Waals surface area contributed by atoms with Crippen LogP contribution in [0.15, 0.2) is 0 Å². The van der Waals surface area contributed by atoms with E-state index >= 15 is 0 Å². The second-order valence-corrected chi connectivity index (χ2v) is 2.63. The molecule has 45 valence electrons. The van der Waals surface area contributed by atoms with Gasteiger partial charge in [-0.05, 0) is 20.0 Å².